The Labute approximate surface area is 206 Å². The average molecular weight is 494 g/mol. The van der Waals surface area contributed by atoms with Crippen molar-refractivity contribution in [2.45, 2.75) is 43.0 Å². The molecule has 1 aliphatic rings. The van der Waals surface area contributed by atoms with E-state index >= 15 is 0 Å². The van der Waals surface area contributed by atoms with Crippen LogP contribution in [0.3, 0.4) is 0 Å². The topological polar surface area (TPSA) is 113 Å². The van der Waals surface area contributed by atoms with Gasteiger partial charge in [0.2, 0.25) is 0 Å². The minimum absolute atomic E-state index is 0.0858. The van der Waals surface area contributed by atoms with E-state index in [1.807, 2.05) is 4.90 Å². The molecule has 2 N–H and O–H groups in total. The van der Waals surface area contributed by atoms with Crippen LogP contribution < -0.4 is 0 Å². The lowest BCUT2D eigenvalue weighted by molar-refractivity contribution is 0.0981. The number of pyridine rings is 1. The van der Waals surface area contributed by atoms with Crippen LogP contribution in [0.1, 0.15) is 32.3 Å². The lowest BCUT2D eigenvalue weighted by Crippen LogP contribution is -2.53. The van der Waals surface area contributed by atoms with Crippen LogP contribution in [0.2, 0.25) is 0 Å². The lowest BCUT2D eigenvalue weighted by Gasteiger charge is -2.40. The molecule has 0 aliphatic carbocycles. The van der Waals surface area contributed by atoms with Crippen molar-refractivity contribution in [3.63, 3.8) is 0 Å². The van der Waals surface area contributed by atoms with Crippen molar-refractivity contribution in [2.75, 3.05) is 26.2 Å². The molecule has 184 valence electrons. The van der Waals surface area contributed by atoms with Gasteiger partial charge in [0.25, 0.3) is 0 Å². The van der Waals surface area contributed by atoms with Crippen molar-refractivity contribution in [2.24, 2.45) is 0 Å². The van der Waals surface area contributed by atoms with Gasteiger partial charge in [0.05, 0.1) is 27.8 Å². The molecule has 0 bridgehead atoms. The standard InChI is InChI=1S/C26H31N5O3S/c1-4-6-18(3)30-11-13-31(14-12-30)24(5-2)35(33,34)20-8-10-23(28-17-20)25-21-15-19(16-27)7-9-22(21)29-26(25)32/h5,7-10,15,17-18,24,29,32H,2,4,6,11-14H2,1,3H3. The summed E-state index contributed by atoms with van der Waals surface area (Å²) in [5, 5.41) is 19.5. The maximum absolute atomic E-state index is 13.5. The quantitative estimate of drug-likeness (QED) is 0.458. The Morgan fingerprint density at radius 3 is 2.54 bits per heavy atom. The van der Waals surface area contributed by atoms with Gasteiger partial charge >= 0.3 is 0 Å². The zero-order chi connectivity index (χ0) is 25.2. The molecule has 0 saturated carbocycles. The predicted octanol–water partition coefficient (Wildman–Crippen LogP) is 3.90. The van der Waals surface area contributed by atoms with Crippen LogP contribution >= 0.6 is 0 Å². The van der Waals surface area contributed by atoms with E-state index in [1.54, 1.807) is 24.3 Å². The molecule has 8 nitrogen and oxygen atoms in total. The number of hydrogen-bond acceptors (Lipinski definition) is 7. The molecule has 9 heteroatoms. The first-order chi connectivity index (χ1) is 16.8. The van der Waals surface area contributed by atoms with Gasteiger partial charge in [0, 0.05) is 49.3 Å². The molecule has 2 aromatic heterocycles. The van der Waals surface area contributed by atoms with Crippen LogP contribution in [0.25, 0.3) is 22.2 Å². The first-order valence-electron chi connectivity index (χ1n) is 11.9. The molecule has 0 spiro atoms. The highest BCUT2D eigenvalue weighted by Gasteiger charge is 2.33. The van der Waals surface area contributed by atoms with Crippen LogP contribution in [0, 0.1) is 11.3 Å². The summed E-state index contributed by atoms with van der Waals surface area (Å²) in [6.07, 6.45) is 5.07. The van der Waals surface area contributed by atoms with E-state index in [0.717, 1.165) is 25.9 Å². The van der Waals surface area contributed by atoms with Crippen LogP contribution in [0.4, 0.5) is 0 Å². The Morgan fingerprint density at radius 2 is 1.94 bits per heavy atom. The van der Waals surface area contributed by atoms with Gasteiger partial charge in [-0.25, -0.2) is 8.42 Å². The fourth-order valence-corrected chi connectivity index (χ4v) is 6.44. The van der Waals surface area contributed by atoms with E-state index in [9.17, 15) is 18.8 Å². The molecule has 2 atom stereocenters. The molecule has 1 aliphatic heterocycles. The predicted molar refractivity (Wildman–Crippen MR) is 137 cm³/mol. The molecule has 3 heterocycles. The van der Waals surface area contributed by atoms with Gasteiger partial charge in [0.15, 0.2) is 15.7 Å². The summed E-state index contributed by atoms with van der Waals surface area (Å²) in [7, 11) is -3.73. The smallest absolute Gasteiger partial charge is 0.199 e. The SMILES string of the molecule is C=CC(N1CCN(C(C)CCC)CC1)S(=O)(=O)c1ccc(-c2c(O)[nH]c3ccc(C#N)cc23)nc1. The molecule has 0 radical (unpaired) electrons. The number of nitrogens with one attached hydrogen (secondary N) is 1. The molecule has 1 aromatic carbocycles. The van der Waals surface area contributed by atoms with Crippen LogP contribution in [-0.2, 0) is 9.84 Å². The van der Waals surface area contributed by atoms with Crippen LogP contribution in [-0.4, -0.2) is 70.9 Å². The van der Waals surface area contributed by atoms with E-state index in [-0.39, 0.29) is 10.8 Å². The Bertz CT molecular complexity index is 1350. The maximum atomic E-state index is 13.5. The number of nitrogens with zero attached hydrogens (tertiary/aromatic N) is 4. The summed E-state index contributed by atoms with van der Waals surface area (Å²) in [5.74, 6) is -0.0858. The van der Waals surface area contributed by atoms with E-state index in [1.165, 1.54) is 18.3 Å². The number of aromatic nitrogens is 2. The van der Waals surface area contributed by atoms with Crippen molar-refractivity contribution < 1.29 is 13.5 Å². The van der Waals surface area contributed by atoms with Gasteiger partial charge < -0.3 is 10.1 Å². The van der Waals surface area contributed by atoms with Gasteiger partial charge in [-0.3, -0.25) is 14.8 Å². The first-order valence-corrected chi connectivity index (χ1v) is 13.4. The number of fused-ring (bicyclic) bond motifs is 1. The van der Waals surface area contributed by atoms with Crippen molar-refractivity contribution >= 4 is 20.7 Å². The highest BCUT2D eigenvalue weighted by molar-refractivity contribution is 7.92. The summed E-state index contributed by atoms with van der Waals surface area (Å²) in [4.78, 5) is 11.7. The lowest BCUT2D eigenvalue weighted by atomic mass is 10.1. The van der Waals surface area contributed by atoms with E-state index in [0.29, 0.717) is 46.9 Å². The van der Waals surface area contributed by atoms with E-state index in [4.69, 9.17) is 0 Å². The fourth-order valence-electron chi connectivity index (χ4n) is 4.85. The van der Waals surface area contributed by atoms with Crippen LogP contribution in [0.15, 0.2) is 54.1 Å². The van der Waals surface area contributed by atoms with Crippen molar-refractivity contribution in [1.82, 2.24) is 19.8 Å². The normalized spacial score (nSPS) is 17.2. The summed E-state index contributed by atoms with van der Waals surface area (Å²) < 4.78 is 27.0. The largest absolute Gasteiger partial charge is 0.494 e. The van der Waals surface area contributed by atoms with Gasteiger partial charge in [-0.15, -0.1) is 6.58 Å². The van der Waals surface area contributed by atoms with Crippen molar-refractivity contribution in [3.8, 4) is 23.2 Å². The number of H-pyrrole nitrogens is 1. The summed E-state index contributed by atoms with van der Waals surface area (Å²) in [6.45, 7) is 11.2. The molecule has 35 heavy (non-hydrogen) atoms. The second-order valence-electron chi connectivity index (χ2n) is 8.98. The molecule has 4 rings (SSSR count). The number of benzene rings is 1. The third-order valence-corrected chi connectivity index (χ3v) is 8.81. The Kier molecular flexibility index (Phi) is 7.26. The van der Waals surface area contributed by atoms with Gasteiger partial charge in [-0.05, 0) is 43.7 Å². The van der Waals surface area contributed by atoms with Crippen molar-refractivity contribution in [1.29, 1.82) is 5.26 Å². The molecule has 0 amide bonds. The number of aromatic hydroxyl groups is 1. The minimum atomic E-state index is -3.73. The Morgan fingerprint density at radius 1 is 1.23 bits per heavy atom. The number of hydrogen-bond donors (Lipinski definition) is 2. The highest BCUT2D eigenvalue weighted by Crippen LogP contribution is 2.36. The van der Waals surface area contributed by atoms with Crippen molar-refractivity contribution in [3.05, 3.63) is 54.7 Å². The average Bonchev–Trinajstić information content (AvgIpc) is 3.19. The highest BCUT2D eigenvalue weighted by atomic mass is 32.2. The van der Waals surface area contributed by atoms with E-state index < -0.39 is 15.2 Å². The first kappa shape index (κ1) is 24.9. The Balaban J connectivity index is 1.57. The third kappa shape index (κ3) is 4.82. The number of aromatic amines is 1. The third-order valence-electron chi connectivity index (χ3n) is 6.79. The minimum Gasteiger partial charge on any atom is -0.494 e. The number of rotatable bonds is 8. The second-order valence-corrected chi connectivity index (χ2v) is 11.0. The van der Waals surface area contributed by atoms with Crippen LogP contribution in [0.5, 0.6) is 5.88 Å². The number of nitriles is 1. The molecule has 3 aromatic rings. The number of sulfone groups is 1. The van der Waals surface area contributed by atoms with Gasteiger partial charge in [-0.1, -0.05) is 19.4 Å². The maximum Gasteiger partial charge on any atom is 0.199 e. The molecular formula is C26H31N5O3S. The molecular weight excluding hydrogens is 462 g/mol. The molecule has 2 unspecified atom stereocenters. The zero-order valence-corrected chi connectivity index (χ0v) is 20.9. The monoisotopic (exact) mass is 493 g/mol. The van der Waals surface area contributed by atoms with Gasteiger partial charge in [-0.2, -0.15) is 5.26 Å². The zero-order valence-electron chi connectivity index (χ0n) is 20.1. The summed E-state index contributed by atoms with van der Waals surface area (Å²) >= 11 is 0. The summed E-state index contributed by atoms with van der Waals surface area (Å²) in [6, 6.07) is 10.7. The second kappa shape index (κ2) is 10.2. The molecule has 1 saturated heterocycles. The van der Waals surface area contributed by atoms with Gasteiger partial charge in [0.1, 0.15) is 5.37 Å². The Hall–Kier alpha value is -3.19. The fraction of sp³-hybridized carbons (Fsp3) is 0.385. The summed E-state index contributed by atoms with van der Waals surface area (Å²) in [5.41, 5.74) is 1.96. The number of piperazine rings is 1. The van der Waals surface area contributed by atoms with E-state index in [2.05, 4.69) is 41.4 Å². The molecule has 1 fully saturated rings.